The second-order valence-corrected chi connectivity index (χ2v) is 4.39. The molecule has 0 fully saturated rings. The van der Waals surface area contributed by atoms with Crippen LogP contribution in [0.4, 0.5) is 21.7 Å². The predicted molar refractivity (Wildman–Crippen MR) is 76.5 cm³/mol. The summed E-state index contributed by atoms with van der Waals surface area (Å²) < 4.78 is 18.3. The molecule has 0 bridgehead atoms. The zero-order valence-electron chi connectivity index (χ0n) is 10.9. The fourth-order valence-electron chi connectivity index (χ4n) is 1.56. The minimum absolute atomic E-state index is 0.0339. The molecule has 1 heterocycles. The van der Waals surface area contributed by atoms with E-state index in [0.29, 0.717) is 29.8 Å². The third-order valence-corrected chi connectivity index (χ3v) is 2.71. The maximum atomic E-state index is 13.1. The number of halogens is 2. The van der Waals surface area contributed by atoms with Crippen molar-refractivity contribution in [1.29, 1.82) is 0 Å². The number of benzene rings is 1. The number of nitrogen functional groups attached to an aromatic ring is 1. The van der Waals surface area contributed by atoms with Crippen LogP contribution >= 0.6 is 11.6 Å². The summed E-state index contributed by atoms with van der Waals surface area (Å²) >= 11 is 5.72. The highest BCUT2D eigenvalue weighted by molar-refractivity contribution is 6.31. The predicted octanol–water partition coefficient (Wildman–Crippen LogP) is 3.13. The quantitative estimate of drug-likeness (QED) is 0.887. The van der Waals surface area contributed by atoms with Crippen molar-refractivity contribution in [3.8, 4) is 0 Å². The smallest absolute Gasteiger partial charge is 0.158 e. The van der Waals surface area contributed by atoms with E-state index in [0.717, 1.165) is 0 Å². The van der Waals surface area contributed by atoms with Crippen molar-refractivity contribution in [3.05, 3.63) is 40.9 Å². The molecule has 0 aliphatic heterocycles. The minimum atomic E-state index is -0.476. The molecular weight excluding hydrogens is 283 g/mol. The first-order valence-electron chi connectivity index (χ1n) is 6.01. The number of ether oxygens (including phenoxy) is 1. The fourth-order valence-corrected chi connectivity index (χ4v) is 1.74. The zero-order valence-corrected chi connectivity index (χ0v) is 11.6. The third kappa shape index (κ3) is 3.79. The Morgan fingerprint density at radius 2 is 2.15 bits per heavy atom. The van der Waals surface area contributed by atoms with Gasteiger partial charge in [0.2, 0.25) is 0 Å². The Balaban J connectivity index is 2.19. The lowest BCUT2D eigenvalue weighted by molar-refractivity contribution is 0.128. The van der Waals surface area contributed by atoms with Crippen molar-refractivity contribution in [3.63, 3.8) is 0 Å². The summed E-state index contributed by atoms with van der Waals surface area (Å²) in [4.78, 5) is 8.31. The normalized spacial score (nSPS) is 10.6. The molecule has 20 heavy (non-hydrogen) atoms. The van der Waals surface area contributed by atoms with Gasteiger partial charge < -0.3 is 15.8 Å². The van der Waals surface area contributed by atoms with Gasteiger partial charge in [0.25, 0.3) is 0 Å². The summed E-state index contributed by atoms with van der Waals surface area (Å²) in [5.74, 6) is 0.819. The molecule has 0 atom stereocenters. The van der Waals surface area contributed by atoms with Gasteiger partial charge in [-0.1, -0.05) is 11.6 Å². The average molecular weight is 297 g/mol. The van der Waals surface area contributed by atoms with Crippen molar-refractivity contribution >= 4 is 28.9 Å². The van der Waals surface area contributed by atoms with Gasteiger partial charge in [-0.15, -0.1) is 0 Å². The van der Waals surface area contributed by atoms with Gasteiger partial charge >= 0.3 is 0 Å². The van der Waals surface area contributed by atoms with E-state index in [1.54, 1.807) is 12.1 Å². The maximum Gasteiger partial charge on any atom is 0.158 e. The Morgan fingerprint density at radius 3 is 2.85 bits per heavy atom. The van der Waals surface area contributed by atoms with E-state index >= 15 is 0 Å². The van der Waals surface area contributed by atoms with E-state index in [4.69, 9.17) is 22.1 Å². The summed E-state index contributed by atoms with van der Waals surface area (Å²) in [7, 11) is 0. The molecule has 1 aromatic carbocycles. The first kappa shape index (κ1) is 14.5. The van der Waals surface area contributed by atoms with E-state index in [1.165, 1.54) is 12.1 Å². The Hall–Kier alpha value is -1.92. The van der Waals surface area contributed by atoms with Gasteiger partial charge in [0.15, 0.2) is 5.82 Å². The van der Waals surface area contributed by atoms with Gasteiger partial charge in [-0.05, 0) is 25.1 Å². The van der Waals surface area contributed by atoms with Crippen molar-refractivity contribution in [2.75, 3.05) is 17.7 Å². The zero-order chi connectivity index (χ0) is 14.5. The third-order valence-electron chi connectivity index (χ3n) is 2.42. The molecule has 2 rings (SSSR count). The SMILES string of the molecule is CCOCc1nc(N)cc(Nc2ccc(F)c(Cl)c2)n1. The number of nitrogens with two attached hydrogens (primary N) is 1. The molecule has 0 amide bonds. The fraction of sp³-hybridized carbons (Fsp3) is 0.231. The van der Waals surface area contributed by atoms with Crippen LogP contribution in [-0.2, 0) is 11.3 Å². The van der Waals surface area contributed by atoms with Crippen LogP contribution in [0.3, 0.4) is 0 Å². The number of rotatable bonds is 5. The van der Waals surface area contributed by atoms with Crippen LogP contribution in [0.1, 0.15) is 12.7 Å². The molecule has 0 aliphatic rings. The summed E-state index contributed by atoms with van der Waals surface area (Å²) in [6.07, 6.45) is 0. The molecule has 2 aromatic rings. The van der Waals surface area contributed by atoms with Crippen LogP contribution in [0.2, 0.25) is 5.02 Å². The molecule has 0 saturated carbocycles. The van der Waals surface area contributed by atoms with Gasteiger partial charge in [0.1, 0.15) is 24.1 Å². The molecule has 5 nitrogen and oxygen atoms in total. The van der Waals surface area contributed by atoms with Gasteiger partial charge in [-0.3, -0.25) is 0 Å². The second kappa shape index (κ2) is 6.49. The van der Waals surface area contributed by atoms with E-state index < -0.39 is 5.82 Å². The molecule has 0 aliphatic carbocycles. The monoisotopic (exact) mass is 296 g/mol. The van der Waals surface area contributed by atoms with Gasteiger partial charge in [0.05, 0.1) is 5.02 Å². The molecule has 0 saturated heterocycles. The van der Waals surface area contributed by atoms with Crippen LogP contribution in [0.15, 0.2) is 24.3 Å². The molecule has 0 unspecified atom stereocenters. The summed E-state index contributed by atoms with van der Waals surface area (Å²) in [6, 6.07) is 5.88. The number of hydrogen-bond acceptors (Lipinski definition) is 5. The summed E-state index contributed by atoms with van der Waals surface area (Å²) in [5, 5.41) is 3.03. The average Bonchev–Trinajstić information content (AvgIpc) is 2.40. The van der Waals surface area contributed by atoms with Crippen molar-refractivity contribution in [2.45, 2.75) is 13.5 Å². The lowest BCUT2D eigenvalue weighted by atomic mass is 10.3. The number of nitrogens with one attached hydrogen (secondary N) is 1. The van der Waals surface area contributed by atoms with Gasteiger partial charge in [-0.2, -0.15) is 0 Å². The molecular formula is C13H14ClFN4O. The molecule has 0 spiro atoms. The van der Waals surface area contributed by atoms with Crippen LogP contribution in [0.25, 0.3) is 0 Å². The Morgan fingerprint density at radius 1 is 1.35 bits per heavy atom. The van der Waals surface area contributed by atoms with E-state index in [9.17, 15) is 4.39 Å². The molecule has 3 N–H and O–H groups in total. The lowest BCUT2D eigenvalue weighted by Gasteiger charge is -2.09. The highest BCUT2D eigenvalue weighted by Crippen LogP contribution is 2.22. The van der Waals surface area contributed by atoms with Gasteiger partial charge in [0, 0.05) is 18.4 Å². The van der Waals surface area contributed by atoms with E-state index in [1.807, 2.05) is 6.92 Å². The lowest BCUT2D eigenvalue weighted by Crippen LogP contribution is -2.05. The molecule has 7 heteroatoms. The van der Waals surface area contributed by atoms with Gasteiger partial charge in [-0.25, -0.2) is 14.4 Å². The highest BCUT2D eigenvalue weighted by Gasteiger charge is 2.05. The Kier molecular flexibility index (Phi) is 4.70. The maximum absolute atomic E-state index is 13.1. The van der Waals surface area contributed by atoms with E-state index in [2.05, 4.69) is 15.3 Å². The van der Waals surface area contributed by atoms with Crippen molar-refractivity contribution in [1.82, 2.24) is 9.97 Å². The summed E-state index contributed by atoms with van der Waals surface area (Å²) in [5.41, 5.74) is 6.31. The number of hydrogen-bond donors (Lipinski definition) is 2. The Labute approximate surface area is 120 Å². The largest absolute Gasteiger partial charge is 0.384 e. The highest BCUT2D eigenvalue weighted by atomic mass is 35.5. The van der Waals surface area contributed by atoms with Crippen LogP contribution < -0.4 is 11.1 Å². The topological polar surface area (TPSA) is 73.1 Å². The standard InChI is InChI=1S/C13H14ClFN4O/c1-2-20-7-13-18-11(16)6-12(19-13)17-8-3-4-10(15)9(14)5-8/h3-6H,2,7H2,1H3,(H3,16,17,18,19). The number of aromatic nitrogens is 2. The molecule has 0 radical (unpaired) electrons. The van der Waals surface area contributed by atoms with E-state index in [-0.39, 0.29) is 11.6 Å². The Bertz CT molecular complexity index is 609. The first-order valence-corrected chi connectivity index (χ1v) is 6.39. The van der Waals surface area contributed by atoms with Crippen LogP contribution in [0, 0.1) is 5.82 Å². The number of nitrogens with zero attached hydrogens (tertiary/aromatic N) is 2. The first-order chi connectivity index (χ1) is 9.58. The van der Waals surface area contributed by atoms with Crippen LogP contribution in [0.5, 0.6) is 0 Å². The molecule has 1 aromatic heterocycles. The summed E-state index contributed by atoms with van der Waals surface area (Å²) in [6.45, 7) is 2.72. The minimum Gasteiger partial charge on any atom is -0.384 e. The second-order valence-electron chi connectivity index (χ2n) is 3.99. The van der Waals surface area contributed by atoms with Crippen LogP contribution in [-0.4, -0.2) is 16.6 Å². The van der Waals surface area contributed by atoms with Crippen molar-refractivity contribution in [2.24, 2.45) is 0 Å². The number of anilines is 3. The molecule has 106 valence electrons. The van der Waals surface area contributed by atoms with Crippen molar-refractivity contribution < 1.29 is 9.13 Å².